The van der Waals surface area contributed by atoms with E-state index in [1.807, 2.05) is 0 Å². The standard InChI is InChI=1S/C26H30O13/c27-9-19-20(30)21(31)22(32)24(39-19)36-13-3-1-12(2-4-13)17-8-16(29)15-6-5-14(7-18(15)38-17)37-25-23(33)26(34,10-28)11-35-25/h1-7,17,19-25,27-28,30-34H,8-11H2/t17-,19+,20-,21+,22+,23-,24-,25-,26+/m0/s1. The van der Waals surface area contributed by atoms with Crippen molar-refractivity contribution < 1.29 is 64.2 Å². The minimum absolute atomic E-state index is 0.0636. The van der Waals surface area contributed by atoms with Crippen molar-refractivity contribution in [1.82, 2.24) is 0 Å². The molecule has 7 N–H and O–H groups in total. The molecule has 0 unspecified atom stereocenters. The highest BCUT2D eigenvalue weighted by molar-refractivity contribution is 6.00. The Morgan fingerprint density at radius 1 is 0.897 bits per heavy atom. The molecule has 3 aliphatic rings. The molecule has 5 rings (SSSR count). The molecule has 13 nitrogen and oxygen atoms in total. The fourth-order valence-electron chi connectivity index (χ4n) is 4.65. The number of fused-ring (bicyclic) bond motifs is 1. The van der Waals surface area contributed by atoms with Crippen molar-refractivity contribution in [3.63, 3.8) is 0 Å². The number of carbonyl (C=O) groups excluding carboxylic acids is 1. The van der Waals surface area contributed by atoms with Crippen molar-refractivity contribution in [2.75, 3.05) is 19.8 Å². The molecule has 0 amide bonds. The molecular formula is C26H30O13. The molecule has 2 aromatic carbocycles. The van der Waals surface area contributed by atoms with Gasteiger partial charge in [-0.05, 0) is 29.8 Å². The molecule has 0 aliphatic carbocycles. The summed E-state index contributed by atoms with van der Waals surface area (Å²) in [5.74, 6) is 0.567. The van der Waals surface area contributed by atoms with Gasteiger partial charge in [-0.2, -0.15) is 0 Å². The second kappa shape index (κ2) is 11.0. The van der Waals surface area contributed by atoms with E-state index in [4.69, 9.17) is 23.7 Å². The van der Waals surface area contributed by atoms with Crippen LogP contribution in [0.25, 0.3) is 0 Å². The zero-order chi connectivity index (χ0) is 27.9. The van der Waals surface area contributed by atoms with Gasteiger partial charge in [0.25, 0.3) is 0 Å². The van der Waals surface area contributed by atoms with E-state index in [1.165, 1.54) is 18.2 Å². The van der Waals surface area contributed by atoms with Crippen LogP contribution in [0.1, 0.15) is 28.4 Å². The predicted molar refractivity (Wildman–Crippen MR) is 128 cm³/mol. The van der Waals surface area contributed by atoms with Crippen molar-refractivity contribution >= 4 is 5.78 Å². The molecule has 3 heterocycles. The highest BCUT2D eigenvalue weighted by Gasteiger charge is 2.49. The molecule has 39 heavy (non-hydrogen) atoms. The largest absolute Gasteiger partial charge is 0.484 e. The highest BCUT2D eigenvalue weighted by Crippen LogP contribution is 2.38. The van der Waals surface area contributed by atoms with E-state index in [2.05, 4.69) is 0 Å². The van der Waals surface area contributed by atoms with Crippen LogP contribution in [0.4, 0.5) is 0 Å². The third kappa shape index (κ3) is 5.33. The van der Waals surface area contributed by atoms with Gasteiger partial charge in [0.15, 0.2) is 5.78 Å². The maximum atomic E-state index is 12.8. The average molecular weight is 551 g/mol. The Bertz CT molecular complexity index is 1170. The van der Waals surface area contributed by atoms with Crippen LogP contribution in [0.2, 0.25) is 0 Å². The summed E-state index contributed by atoms with van der Waals surface area (Å²) in [6, 6.07) is 10.9. The maximum absolute atomic E-state index is 12.8. The topological polar surface area (TPSA) is 205 Å². The molecule has 0 bridgehead atoms. The first-order valence-electron chi connectivity index (χ1n) is 12.3. The lowest BCUT2D eigenvalue weighted by atomic mass is 9.96. The second-order valence-electron chi connectivity index (χ2n) is 9.78. The van der Waals surface area contributed by atoms with Crippen LogP contribution in [0.15, 0.2) is 42.5 Å². The van der Waals surface area contributed by atoms with E-state index in [1.54, 1.807) is 24.3 Å². The van der Waals surface area contributed by atoms with Crippen LogP contribution in [0.3, 0.4) is 0 Å². The van der Waals surface area contributed by atoms with Gasteiger partial charge in [-0.1, -0.05) is 12.1 Å². The van der Waals surface area contributed by atoms with E-state index in [0.29, 0.717) is 11.1 Å². The maximum Gasteiger partial charge on any atom is 0.229 e. The Labute approximate surface area is 222 Å². The van der Waals surface area contributed by atoms with Gasteiger partial charge in [-0.3, -0.25) is 4.79 Å². The fourth-order valence-corrected chi connectivity index (χ4v) is 4.65. The zero-order valence-electron chi connectivity index (χ0n) is 20.6. The lowest BCUT2D eigenvalue weighted by Gasteiger charge is -2.39. The van der Waals surface area contributed by atoms with E-state index in [0.717, 1.165) is 0 Å². The van der Waals surface area contributed by atoms with Crippen molar-refractivity contribution in [1.29, 1.82) is 0 Å². The Hall–Kier alpha value is -2.85. The number of ether oxygens (including phenoxy) is 5. The number of benzene rings is 2. The van der Waals surface area contributed by atoms with Gasteiger partial charge in [-0.15, -0.1) is 0 Å². The summed E-state index contributed by atoms with van der Waals surface area (Å²) in [6.07, 6.45) is -10.4. The van der Waals surface area contributed by atoms with Gasteiger partial charge in [0.05, 0.1) is 31.8 Å². The molecule has 0 spiro atoms. The fraction of sp³-hybridized carbons (Fsp3) is 0.500. The molecule has 2 saturated heterocycles. The van der Waals surface area contributed by atoms with E-state index in [9.17, 15) is 40.5 Å². The van der Waals surface area contributed by atoms with Gasteiger partial charge in [-0.25, -0.2) is 0 Å². The number of aliphatic hydroxyl groups excluding tert-OH is 6. The second-order valence-corrected chi connectivity index (χ2v) is 9.78. The van der Waals surface area contributed by atoms with Crippen LogP contribution in [-0.4, -0.2) is 110 Å². The molecule has 3 aliphatic heterocycles. The minimum Gasteiger partial charge on any atom is -0.484 e. The number of aliphatic hydroxyl groups is 7. The first-order chi connectivity index (χ1) is 18.6. The molecular weight excluding hydrogens is 520 g/mol. The minimum atomic E-state index is -1.84. The molecule has 2 fully saturated rings. The van der Waals surface area contributed by atoms with Crippen LogP contribution in [0.5, 0.6) is 17.2 Å². The predicted octanol–water partition coefficient (Wildman–Crippen LogP) is -1.61. The van der Waals surface area contributed by atoms with E-state index < -0.39 is 68.0 Å². The summed E-state index contributed by atoms with van der Waals surface area (Å²) in [5.41, 5.74) is -0.847. The van der Waals surface area contributed by atoms with Gasteiger partial charge in [0.2, 0.25) is 12.6 Å². The lowest BCUT2D eigenvalue weighted by Crippen LogP contribution is -2.60. The highest BCUT2D eigenvalue weighted by atomic mass is 16.7. The summed E-state index contributed by atoms with van der Waals surface area (Å²) in [7, 11) is 0. The number of rotatable bonds is 7. The van der Waals surface area contributed by atoms with Crippen molar-refractivity contribution in [2.45, 2.75) is 61.2 Å². The van der Waals surface area contributed by atoms with Crippen molar-refractivity contribution in [3.05, 3.63) is 53.6 Å². The zero-order valence-corrected chi connectivity index (χ0v) is 20.6. The molecule has 9 atom stereocenters. The number of hydrogen-bond acceptors (Lipinski definition) is 13. The molecule has 212 valence electrons. The molecule has 2 aromatic rings. The smallest absolute Gasteiger partial charge is 0.229 e. The summed E-state index contributed by atoms with van der Waals surface area (Å²) in [4.78, 5) is 12.8. The quantitative estimate of drug-likeness (QED) is 0.208. The van der Waals surface area contributed by atoms with Crippen LogP contribution in [-0.2, 0) is 9.47 Å². The third-order valence-electron chi connectivity index (χ3n) is 7.08. The molecule has 13 heteroatoms. The molecule has 0 saturated carbocycles. The first-order valence-corrected chi connectivity index (χ1v) is 12.3. The van der Waals surface area contributed by atoms with Crippen LogP contribution < -0.4 is 14.2 Å². The number of ketones is 1. The van der Waals surface area contributed by atoms with Crippen LogP contribution >= 0.6 is 0 Å². The van der Waals surface area contributed by atoms with Gasteiger partial charge >= 0.3 is 0 Å². The Morgan fingerprint density at radius 2 is 1.59 bits per heavy atom. The lowest BCUT2D eigenvalue weighted by molar-refractivity contribution is -0.277. The van der Waals surface area contributed by atoms with Gasteiger partial charge in [0.1, 0.15) is 59.5 Å². The third-order valence-corrected chi connectivity index (χ3v) is 7.08. The normalized spacial score (nSPS) is 36.2. The summed E-state index contributed by atoms with van der Waals surface area (Å²) in [5, 5.41) is 69.0. The number of Topliss-reactive ketones (excluding diaryl/α,β-unsaturated/α-hetero) is 1. The van der Waals surface area contributed by atoms with E-state index in [-0.39, 0.29) is 36.1 Å². The van der Waals surface area contributed by atoms with Crippen molar-refractivity contribution in [3.8, 4) is 17.2 Å². The SMILES string of the molecule is O=C1C[C@@H](c2ccc(O[C@H]3O[C@H](CO)[C@H](O)[C@@H](O)[C@H]3O)cc2)Oc2cc(O[C@@H]3OC[C@](O)(CO)[C@H]3O)ccc21. The van der Waals surface area contributed by atoms with Crippen molar-refractivity contribution in [2.24, 2.45) is 0 Å². The summed E-state index contributed by atoms with van der Waals surface area (Å²) in [6.45, 7) is -1.60. The first kappa shape index (κ1) is 27.7. The monoisotopic (exact) mass is 550 g/mol. The average Bonchev–Trinajstić information content (AvgIpc) is 3.22. The molecule has 0 radical (unpaired) electrons. The van der Waals surface area contributed by atoms with E-state index >= 15 is 0 Å². The van der Waals surface area contributed by atoms with Crippen LogP contribution in [0, 0.1) is 0 Å². The summed E-state index contributed by atoms with van der Waals surface area (Å²) >= 11 is 0. The van der Waals surface area contributed by atoms with Gasteiger partial charge in [0, 0.05) is 6.07 Å². The Kier molecular flexibility index (Phi) is 7.79. The van der Waals surface area contributed by atoms with Gasteiger partial charge < -0.3 is 59.4 Å². The summed E-state index contributed by atoms with van der Waals surface area (Å²) < 4.78 is 27.9. The number of hydrogen-bond donors (Lipinski definition) is 7. The Balaban J connectivity index is 1.26. The number of carbonyl (C=O) groups is 1. The Morgan fingerprint density at radius 3 is 2.26 bits per heavy atom. The molecule has 0 aromatic heterocycles.